The van der Waals surface area contributed by atoms with Gasteiger partial charge in [0.05, 0.1) is 13.2 Å². The summed E-state index contributed by atoms with van der Waals surface area (Å²) >= 11 is 0. The van der Waals surface area contributed by atoms with Gasteiger partial charge in [-0.15, -0.1) is 0 Å². The van der Waals surface area contributed by atoms with E-state index in [1.807, 2.05) is 6.08 Å². The normalized spacial score (nSPS) is 12.8. The summed E-state index contributed by atoms with van der Waals surface area (Å²) in [6.07, 6.45) is 6.27. The van der Waals surface area contributed by atoms with E-state index in [0.29, 0.717) is 13.2 Å². The maximum atomic E-state index is 10.6. The minimum atomic E-state index is -0.965. The van der Waals surface area contributed by atoms with Gasteiger partial charge in [0.2, 0.25) is 0 Å². The zero-order valence-corrected chi connectivity index (χ0v) is 18.2. The summed E-state index contributed by atoms with van der Waals surface area (Å²) in [5.74, 6) is -0.122. The van der Waals surface area contributed by atoms with E-state index < -0.39 is 5.97 Å². The van der Waals surface area contributed by atoms with Crippen molar-refractivity contribution in [3.8, 4) is 5.75 Å². The Balaban J connectivity index is 3.32. The van der Waals surface area contributed by atoms with Gasteiger partial charge in [-0.25, -0.2) is 4.79 Å². The van der Waals surface area contributed by atoms with Crippen LogP contribution in [0.4, 0.5) is 0 Å². The Morgan fingerprint density at radius 2 is 1.57 bits per heavy atom. The number of allylic oxidation sites excluding steroid dienone is 2. The molecule has 5 heteroatoms. The summed E-state index contributed by atoms with van der Waals surface area (Å²) in [6.45, 7) is 14.0. The van der Waals surface area contributed by atoms with Crippen molar-refractivity contribution < 1.29 is 24.1 Å². The van der Waals surface area contributed by atoms with Crippen LogP contribution in [0.2, 0.25) is 0 Å². The Morgan fingerprint density at radius 1 is 1.00 bits per heavy atom. The largest absolute Gasteiger partial charge is 0.478 e. The van der Waals surface area contributed by atoms with Crippen LogP contribution in [-0.4, -0.2) is 38.2 Å². The number of rotatable bonds is 9. The molecule has 0 aliphatic rings. The third-order valence-electron chi connectivity index (χ3n) is 4.08. The molecule has 5 nitrogen and oxygen atoms in total. The summed E-state index contributed by atoms with van der Waals surface area (Å²) in [4.78, 5) is 10.6. The Hall–Kier alpha value is -2.11. The highest BCUT2D eigenvalue weighted by Crippen LogP contribution is 2.41. The van der Waals surface area contributed by atoms with E-state index in [4.69, 9.17) is 19.3 Å². The topological polar surface area (TPSA) is 65.0 Å². The van der Waals surface area contributed by atoms with E-state index in [9.17, 15) is 4.79 Å². The van der Waals surface area contributed by atoms with Crippen molar-refractivity contribution in [1.82, 2.24) is 0 Å². The Morgan fingerprint density at radius 3 is 2.04 bits per heavy atom. The number of hydrogen-bond donors (Lipinski definition) is 1. The molecule has 0 saturated heterocycles. The lowest BCUT2D eigenvalue weighted by atomic mass is 9.78. The standard InChI is InChI=1S/C23H34O5/c1-22(2,3)18-14-17(10-8-9-11-20(24)25)15-19(23(4,5)6)21(18)28-16-27-13-12-26-7/h8-11,14-15H,12-13,16H2,1-7H3,(H,24,25). The van der Waals surface area contributed by atoms with Crippen molar-refractivity contribution in [3.63, 3.8) is 0 Å². The first-order valence-electron chi connectivity index (χ1n) is 9.43. The van der Waals surface area contributed by atoms with Crippen molar-refractivity contribution in [2.45, 2.75) is 52.4 Å². The fraction of sp³-hybridized carbons (Fsp3) is 0.522. The van der Waals surface area contributed by atoms with E-state index in [1.54, 1.807) is 13.2 Å². The first kappa shape index (κ1) is 23.9. The molecule has 156 valence electrons. The zero-order valence-electron chi connectivity index (χ0n) is 18.2. The van der Waals surface area contributed by atoms with Crippen LogP contribution in [0.1, 0.15) is 58.2 Å². The molecule has 28 heavy (non-hydrogen) atoms. The minimum absolute atomic E-state index is 0.136. The van der Waals surface area contributed by atoms with Crippen molar-refractivity contribution in [2.24, 2.45) is 0 Å². The summed E-state index contributed by atoms with van der Waals surface area (Å²) < 4.78 is 16.6. The fourth-order valence-electron chi connectivity index (χ4n) is 2.62. The number of benzene rings is 1. The third-order valence-corrected chi connectivity index (χ3v) is 4.08. The van der Waals surface area contributed by atoms with Crippen LogP contribution in [0, 0.1) is 0 Å². The molecule has 1 aromatic carbocycles. The number of aliphatic carboxylic acids is 1. The zero-order chi connectivity index (χ0) is 21.4. The number of carbonyl (C=O) groups is 1. The average molecular weight is 391 g/mol. The molecule has 0 amide bonds. The summed E-state index contributed by atoms with van der Waals surface area (Å²) in [6, 6.07) is 4.18. The Bertz CT molecular complexity index is 668. The molecular formula is C23H34O5. The molecule has 0 aromatic heterocycles. The van der Waals surface area contributed by atoms with E-state index in [-0.39, 0.29) is 17.6 Å². The van der Waals surface area contributed by atoms with E-state index in [0.717, 1.165) is 28.5 Å². The van der Waals surface area contributed by atoms with Gasteiger partial charge in [-0.3, -0.25) is 0 Å². The molecule has 0 fully saturated rings. The molecule has 0 unspecified atom stereocenters. The molecule has 0 saturated carbocycles. The van der Waals surface area contributed by atoms with Gasteiger partial charge in [0.15, 0.2) is 6.79 Å². The number of carboxylic acids is 1. The quantitative estimate of drug-likeness (QED) is 0.280. The number of carboxylic acid groups (broad SMARTS) is 1. The third kappa shape index (κ3) is 7.87. The summed E-state index contributed by atoms with van der Waals surface area (Å²) in [5, 5.41) is 8.73. The lowest BCUT2D eigenvalue weighted by Crippen LogP contribution is -2.21. The van der Waals surface area contributed by atoms with Gasteiger partial charge in [0.1, 0.15) is 5.75 Å². The molecule has 0 radical (unpaired) electrons. The first-order chi connectivity index (χ1) is 13.0. The van der Waals surface area contributed by atoms with E-state index in [2.05, 4.69) is 53.7 Å². The van der Waals surface area contributed by atoms with Crippen LogP contribution in [0.15, 0.2) is 30.4 Å². The van der Waals surface area contributed by atoms with Gasteiger partial charge in [0.25, 0.3) is 0 Å². The highest BCUT2D eigenvalue weighted by atomic mass is 16.7. The molecule has 0 spiro atoms. The van der Waals surface area contributed by atoms with Gasteiger partial charge in [-0.2, -0.15) is 0 Å². The fourth-order valence-corrected chi connectivity index (χ4v) is 2.62. The van der Waals surface area contributed by atoms with Gasteiger partial charge in [-0.05, 0) is 28.5 Å². The lowest BCUT2D eigenvalue weighted by Gasteiger charge is -2.30. The monoisotopic (exact) mass is 390 g/mol. The van der Waals surface area contributed by atoms with Crippen LogP contribution < -0.4 is 4.74 Å². The van der Waals surface area contributed by atoms with Gasteiger partial charge >= 0.3 is 5.97 Å². The highest BCUT2D eigenvalue weighted by Gasteiger charge is 2.27. The van der Waals surface area contributed by atoms with Crippen molar-refractivity contribution in [2.75, 3.05) is 27.1 Å². The number of methoxy groups -OCH3 is 1. The molecular weight excluding hydrogens is 356 g/mol. The molecule has 0 atom stereocenters. The van der Waals surface area contributed by atoms with Crippen LogP contribution in [0.5, 0.6) is 5.75 Å². The van der Waals surface area contributed by atoms with E-state index in [1.165, 1.54) is 6.08 Å². The second kappa shape index (κ2) is 10.4. The number of ether oxygens (including phenoxy) is 3. The van der Waals surface area contributed by atoms with Gasteiger partial charge < -0.3 is 19.3 Å². The molecule has 1 aromatic rings. The molecule has 1 N–H and O–H groups in total. The molecule has 0 heterocycles. The molecule has 1 rings (SSSR count). The first-order valence-corrected chi connectivity index (χ1v) is 9.43. The predicted molar refractivity (Wildman–Crippen MR) is 113 cm³/mol. The van der Waals surface area contributed by atoms with Crippen molar-refractivity contribution >= 4 is 12.0 Å². The van der Waals surface area contributed by atoms with Crippen LogP contribution >= 0.6 is 0 Å². The van der Waals surface area contributed by atoms with E-state index >= 15 is 0 Å². The van der Waals surface area contributed by atoms with Gasteiger partial charge in [-0.1, -0.05) is 59.8 Å². The van der Waals surface area contributed by atoms with Crippen molar-refractivity contribution in [1.29, 1.82) is 0 Å². The molecule has 0 aliphatic carbocycles. The highest BCUT2D eigenvalue weighted by molar-refractivity contribution is 5.80. The second-order valence-corrected chi connectivity index (χ2v) is 8.66. The predicted octanol–water partition coefficient (Wildman–Crippen LogP) is 4.93. The minimum Gasteiger partial charge on any atom is -0.478 e. The SMILES string of the molecule is COCCOCOc1c(C(C)(C)C)cc(C=CC=CC(=O)O)cc1C(C)(C)C. The van der Waals surface area contributed by atoms with Crippen LogP contribution in [-0.2, 0) is 25.1 Å². The maximum absolute atomic E-state index is 10.6. The molecule has 0 bridgehead atoms. The smallest absolute Gasteiger partial charge is 0.328 e. The van der Waals surface area contributed by atoms with Crippen molar-refractivity contribution in [3.05, 3.63) is 47.1 Å². The van der Waals surface area contributed by atoms with Crippen LogP contribution in [0.25, 0.3) is 6.08 Å². The Labute approximate surface area is 169 Å². The average Bonchev–Trinajstić information content (AvgIpc) is 2.56. The summed E-state index contributed by atoms with van der Waals surface area (Å²) in [7, 11) is 1.64. The second-order valence-electron chi connectivity index (χ2n) is 8.66. The molecule has 0 aliphatic heterocycles. The van der Waals surface area contributed by atoms with Crippen LogP contribution in [0.3, 0.4) is 0 Å². The van der Waals surface area contributed by atoms with Gasteiger partial charge in [0, 0.05) is 24.3 Å². The number of hydrogen-bond acceptors (Lipinski definition) is 4. The lowest BCUT2D eigenvalue weighted by molar-refractivity contribution is -0.131. The maximum Gasteiger partial charge on any atom is 0.328 e. The Kier molecular flexibility index (Phi) is 8.92. The summed E-state index contributed by atoms with van der Waals surface area (Å²) in [5.41, 5.74) is 2.89.